The Kier molecular flexibility index (Phi) is 16.0. The summed E-state index contributed by atoms with van der Waals surface area (Å²) in [4.78, 5) is 0. The van der Waals surface area contributed by atoms with Crippen LogP contribution in [0.1, 0.15) is 119 Å². The predicted molar refractivity (Wildman–Crippen MR) is 186 cm³/mol. The molecule has 1 atom stereocenters. The summed E-state index contributed by atoms with van der Waals surface area (Å²) in [6.07, 6.45) is 11.3. The molecule has 1 aliphatic carbocycles. The van der Waals surface area contributed by atoms with Crippen LogP contribution in [0.25, 0.3) is 11.1 Å². The number of alkyl halides is 1. The summed E-state index contributed by atoms with van der Waals surface area (Å²) in [5, 5.41) is 3.43. The minimum atomic E-state index is -0.156. The number of halogens is 1. The molecule has 0 spiro atoms. The molecule has 0 aliphatic heterocycles. The van der Waals surface area contributed by atoms with Gasteiger partial charge in [-0.2, -0.15) is 0 Å². The summed E-state index contributed by atoms with van der Waals surface area (Å²) in [7, 11) is 2.03. The fourth-order valence-electron chi connectivity index (χ4n) is 5.46. The van der Waals surface area contributed by atoms with Crippen molar-refractivity contribution in [1.29, 1.82) is 0 Å². The zero-order valence-corrected chi connectivity index (χ0v) is 27.6. The molecule has 4 rings (SSSR count). The fraction of sp³-hybridized carbons (Fsp3) is 0.487. The summed E-state index contributed by atoms with van der Waals surface area (Å²) in [6, 6.07) is 22.3. The maximum atomic E-state index is 11.0. The van der Waals surface area contributed by atoms with E-state index < -0.39 is 0 Å². The molecule has 0 radical (unpaired) electrons. The van der Waals surface area contributed by atoms with Gasteiger partial charge < -0.3 is 11.1 Å². The van der Waals surface area contributed by atoms with E-state index in [4.69, 9.17) is 5.73 Å². The number of anilines is 2. The Hall–Kier alpha value is -3.07. The SMILES string of the molecule is CCCC(C)CC.CCCCF.CCCc1ccc(C2=C(c3ccc(C)cc3)c3ccc(N)cc3CCC2)cc1NC. The Balaban J connectivity index is 0.000000434. The Bertz CT molecular complexity index is 1220. The quantitative estimate of drug-likeness (QED) is 0.237. The second kappa shape index (κ2) is 19.2. The van der Waals surface area contributed by atoms with Gasteiger partial charge in [0, 0.05) is 18.4 Å². The van der Waals surface area contributed by atoms with Gasteiger partial charge in [0.1, 0.15) is 0 Å². The van der Waals surface area contributed by atoms with E-state index in [1.807, 2.05) is 20.0 Å². The maximum Gasteiger partial charge on any atom is 0.0894 e. The summed E-state index contributed by atoms with van der Waals surface area (Å²) in [5.41, 5.74) is 19.0. The van der Waals surface area contributed by atoms with Crippen molar-refractivity contribution in [3.63, 3.8) is 0 Å². The molecule has 230 valence electrons. The molecular weight excluding hydrogens is 515 g/mol. The molecule has 0 aromatic heterocycles. The smallest absolute Gasteiger partial charge is 0.0894 e. The summed E-state index contributed by atoms with van der Waals surface area (Å²) in [5.74, 6) is 0.949. The molecule has 0 saturated heterocycles. The highest BCUT2D eigenvalue weighted by Gasteiger charge is 2.21. The monoisotopic (exact) mass is 572 g/mol. The van der Waals surface area contributed by atoms with Crippen molar-refractivity contribution in [2.24, 2.45) is 5.92 Å². The Labute approximate surface area is 257 Å². The number of hydrogen-bond donors (Lipinski definition) is 2. The molecule has 0 saturated carbocycles. The second-order valence-electron chi connectivity index (χ2n) is 11.7. The lowest BCUT2D eigenvalue weighted by atomic mass is 9.87. The standard InChI is InChI=1S/C28H32N2.C7H16.C4H9F/c1-4-6-20-13-14-23(18-27(20)30-3)25-8-5-7-22-17-24(29)15-16-26(22)28(25)21-11-9-19(2)10-12-21;1-4-6-7(3)5-2;1-2-3-4-5/h9-18,30H,4-8,29H2,1-3H3;7H,4-6H2,1-3H3;2-4H2,1H3. The number of nitrogens with two attached hydrogens (primary N) is 1. The first-order valence-corrected chi connectivity index (χ1v) is 16.4. The van der Waals surface area contributed by atoms with Gasteiger partial charge in [-0.15, -0.1) is 0 Å². The van der Waals surface area contributed by atoms with Crippen molar-refractivity contribution < 1.29 is 4.39 Å². The molecule has 1 unspecified atom stereocenters. The fourth-order valence-corrected chi connectivity index (χ4v) is 5.46. The zero-order valence-electron chi connectivity index (χ0n) is 27.6. The Morgan fingerprint density at radius 2 is 1.57 bits per heavy atom. The summed E-state index contributed by atoms with van der Waals surface area (Å²) < 4.78 is 11.0. The number of unbranched alkanes of at least 4 members (excludes halogenated alkanes) is 1. The molecule has 3 aromatic rings. The van der Waals surface area contributed by atoms with Crippen LogP contribution < -0.4 is 11.1 Å². The second-order valence-corrected chi connectivity index (χ2v) is 11.7. The van der Waals surface area contributed by atoms with Crippen molar-refractivity contribution >= 4 is 22.5 Å². The molecule has 0 amide bonds. The van der Waals surface area contributed by atoms with Crippen LogP contribution >= 0.6 is 0 Å². The third kappa shape index (κ3) is 10.6. The number of aryl methyl sites for hydroxylation is 3. The highest BCUT2D eigenvalue weighted by atomic mass is 19.1. The minimum absolute atomic E-state index is 0.156. The first kappa shape index (κ1) is 35.1. The average molecular weight is 573 g/mol. The molecule has 0 heterocycles. The largest absolute Gasteiger partial charge is 0.399 e. The summed E-state index contributed by atoms with van der Waals surface area (Å²) in [6.45, 7) is 13.0. The maximum absolute atomic E-state index is 11.0. The van der Waals surface area contributed by atoms with Crippen molar-refractivity contribution in [3.05, 3.63) is 94.0 Å². The van der Waals surface area contributed by atoms with Crippen LogP contribution in [0.2, 0.25) is 0 Å². The number of rotatable bonds is 10. The van der Waals surface area contributed by atoms with Crippen molar-refractivity contribution in [2.75, 3.05) is 24.8 Å². The normalized spacial score (nSPS) is 13.1. The lowest BCUT2D eigenvalue weighted by molar-refractivity contribution is 0.469. The third-order valence-electron chi connectivity index (χ3n) is 8.13. The number of benzene rings is 3. The first-order chi connectivity index (χ1) is 20.3. The van der Waals surface area contributed by atoms with Crippen LogP contribution in [0.15, 0.2) is 60.7 Å². The van der Waals surface area contributed by atoms with Gasteiger partial charge in [0.05, 0.1) is 6.67 Å². The van der Waals surface area contributed by atoms with Gasteiger partial charge in [0.15, 0.2) is 0 Å². The van der Waals surface area contributed by atoms with Gasteiger partial charge in [-0.3, -0.25) is 4.39 Å². The van der Waals surface area contributed by atoms with Gasteiger partial charge in [-0.25, -0.2) is 0 Å². The van der Waals surface area contributed by atoms with E-state index in [2.05, 4.69) is 94.5 Å². The highest BCUT2D eigenvalue weighted by molar-refractivity contribution is 6.00. The zero-order chi connectivity index (χ0) is 30.9. The molecule has 3 aromatic carbocycles. The van der Waals surface area contributed by atoms with Crippen LogP contribution in [-0.4, -0.2) is 13.7 Å². The van der Waals surface area contributed by atoms with Gasteiger partial charge in [-0.1, -0.05) is 115 Å². The number of hydrogen-bond acceptors (Lipinski definition) is 2. The lowest BCUT2D eigenvalue weighted by Crippen LogP contribution is -2.00. The predicted octanol–water partition coefficient (Wildman–Crippen LogP) is 11.5. The van der Waals surface area contributed by atoms with Crippen LogP contribution in [-0.2, 0) is 12.8 Å². The van der Waals surface area contributed by atoms with Crippen LogP contribution in [0.3, 0.4) is 0 Å². The Morgan fingerprint density at radius 3 is 2.12 bits per heavy atom. The van der Waals surface area contributed by atoms with Crippen LogP contribution in [0, 0.1) is 12.8 Å². The van der Waals surface area contributed by atoms with E-state index in [0.717, 1.165) is 56.6 Å². The lowest BCUT2D eigenvalue weighted by Gasteiger charge is -2.18. The van der Waals surface area contributed by atoms with Gasteiger partial charge >= 0.3 is 0 Å². The van der Waals surface area contributed by atoms with Crippen LogP contribution in [0.5, 0.6) is 0 Å². The number of nitrogens with one attached hydrogen (secondary N) is 1. The molecule has 0 bridgehead atoms. The van der Waals surface area contributed by atoms with Crippen molar-refractivity contribution in [3.8, 4) is 0 Å². The number of nitrogen functional groups attached to an aromatic ring is 1. The molecule has 1 aliphatic rings. The van der Waals surface area contributed by atoms with Gasteiger partial charge in [0.25, 0.3) is 0 Å². The van der Waals surface area contributed by atoms with E-state index in [1.165, 1.54) is 69.5 Å². The minimum Gasteiger partial charge on any atom is -0.399 e. The molecule has 42 heavy (non-hydrogen) atoms. The number of allylic oxidation sites excluding steroid dienone is 1. The first-order valence-electron chi connectivity index (χ1n) is 16.4. The molecule has 2 nitrogen and oxygen atoms in total. The highest BCUT2D eigenvalue weighted by Crippen LogP contribution is 2.41. The van der Waals surface area contributed by atoms with Crippen molar-refractivity contribution in [1.82, 2.24) is 0 Å². The molecule has 3 heteroatoms. The van der Waals surface area contributed by atoms with E-state index in [0.29, 0.717) is 0 Å². The molecule has 3 N–H and O–H groups in total. The average Bonchev–Trinajstić information content (AvgIpc) is 3.18. The molecular formula is C39H57FN2. The van der Waals surface area contributed by atoms with E-state index in [1.54, 1.807) is 0 Å². The van der Waals surface area contributed by atoms with E-state index in [9.17, 15) is 4.39 Å². The topological polar surface area (TPSA) is 38.0 Å². The van der Waals surface area contributed by atoms with Gasteiger partial charge in [-0.05, 0) is 102 Å². The Morgan fingerprint density at radius 1 is 0.857 bits per heavy atom. The third-order valence-corrected chi connectivity index (χ3v) is 8.13. The number of fused-ring (bicyclic) bond motifs is 1. The van der Waals surface area contributed by atoms with Crippen molar-refractivity contribution in [2.45, 2.75) is 106 Å². The van der Waals surface area contributed by atoms with Crippen LogP contribution in [0.4, 0.5) is 15.8 Å². The van der Waals surface area contributed by atoms with E-state index in [-0.39, 0.29) is 6.67 Å². The van der Waals surface area contributed by atoms with E-state index >= 15 is 0 Å². The summed E-state index contributed by atoms with van der Waals surface area (Å²) >= 11 is 0. The molecule has 0 fully saturated rings. The van der Waals surface area contributed by atoms with Gasteiger partial charge in [0.2, 0.25) is 0 Å².